The zero-order chi connectivity index (χ0) is 17.5. The maximum atomic E-state index is 6.18. The predicted molar refractivity (Wildman–Crippen MR) is 116 cm³/mol. The average molecular weight is 480 g/mol. The highest BCUT2D eigenvalue weighted by molar-refractivity contribution is 14.0. The first-order chi connectivity index (χ1) is 12.2. The van der Waals surface area contributed by atoms with E-state index in [0.29, 0.717) is 23.5 Å². The van der Waals surface area contributed by atoms with Gasteiger partial charge in [-0.15, -0.1) is 24.0 Å². The molecule has 0 radical (unpaired) electrons. The van der Waals surface area contributed by atoms with Crippen LogP contribution in [-0.2, 0) is 9.47 Å². The molecule has 1 saturated heterocycles. The molecule has 7 heteroatoms. The number of ether oxygens (including phenoxy) is 2. The van der Waals surface area contributed by atoms with E-state index in [1.54, 1.807) is 0 Å². The Morgan fingerprint density at radius 1 is 1.27 bits per heavy atom. The standard InChI is InChI=1S/C19H36N4O2.HI/c1-2-25-17-15-16(19(17)7-4-3-5-8-19)22-18(20)21-9-6-10-23-11-13-24-14-12-23;/h16-17H,2-15H2,1H3,(H3,20,21,22);1H. The highest BCUT2D eigenvalue weighted by atomic mass is 127. The van der Waals surface area contributed by atoms with Gasteiger partial charge in [0.05, 0.1) is 19.3 Å². The van der Waals surface area contributed by atoms with E-state index in [2.05, 4.69) is 22.1 Å². The summed E-state index contributed by atoms with van der Waals surface area (Å²) in [6.07, 6.45) is 9.05. The minimum atomic E-state index is 0. The second-order valence-corrected chi connectivity index (χ2v) is 7.74. The third kappa shape index (κ3) is 5.45. The Hall–Kier alpha value is -0.120. The molecule has 3 N–H and O–H groups in total. The van der Waals surface area contributed by atoms with Crippen molar-refractivity contribution < 1.29 is 9.47 Å². The van der Waals surface area contributed by atoms with Gasteiger partial charge in [-0.3, -0.25) is 9.89 Å². The molecule has 1 spiro atoms. The average Bonchev–Trinajstić information content (AvgIpc) is 2.66. The highest BCUT2D eigenvalue weighted by Gasteiger charge is 2.55. The lowest BCUT2D eigenvalue weighted by Crippen LogP contribution is -2.66. The fourth-order valence-electron chi connectivity index (χ4n) is 4.81. The molecule has 3 fully saturated rings. The Balaban J connectivity index is 0.00000243. The number of nitrogens with two attached hydrogens (primary N) is 1. The molecular formula is C19H37IN4O2. The van der Waals surface area contributed by atoms with E-state index in [4.69, 9.17) is 15.2 Å². The van der Waals surface area contributed by atoms with Crippen LogP contribution in [0.15, 0.2) is 4.99 Å². The van der Waals surface area contributed by atoms with E-state index in [0.717, 1.165) is 58.8 Å². The van der Waals surface area contributed by atoms with Crippen molar-refractivity contribution in [3.8, 4) is 0 Å². The molecule has 26 heavy (non-hydrogen) atoms. The fraction of sp³-hybridized carbons (Fsp3) is 0.947. The van der Waals surface area contributed by atoms with Gasteiger partial charge in [-0.25, -0.2) is 0 Å². The number of aliphatic imine (C=N–C) groups is 1. The second-order valence-electron chi connectivity index (χ2n) is 7.74. The largest absolute Gasteiger partial charge is 0.379 e. The number of nitrogens with zero attached hydrogens (tertiary/aromatic N) is 2. The third-order valence-electron chi connectivity index (χ3n) is 6.28. The summed E-state index contributed by atoms with van der Waals surface area (Å²) in [7, 11) is 0. The minimum absolute atomic E-state index is 0. The van der Waals surface area contributed by atoms with Crippen LogP contribution in [0.25, 0.3) is 0 Å². The van der Waals surface area contributed by atoms with Gasteiger partial charge in [-0.05, 0) is 32.6 Å². The predicted octanol–water partition coefficient (Wildman–Crippen LogP) is 2.36. The summed E-state index contributed by atoms with van der Waals surface area (Å²) in [6, 6.07) is 0.437. The zero-order valence-corrected chi connectivity index (χ0v) is 18.6. The van der Waals surface area contributed by atoms with Crippen LogP contribution < -0.4 is 11.1 Å². The molecule has 0 bridgehead atoms. The number of guanidine groups is 1. The molecule has 152 valence electrons. The van der Waals surface area contributed by atoms with Crippen LogP contribution in [-0.4, -0.2) is 69.0 Å². The van der Waals surface area contributed by atoms with Crippen LogP contribution in [0.2, 0.25) is 0 Å². The summed E-state index contributed by atoms with van der Waals surface area (Å²) in [5.74, 6) is 0.617. The van der Waals surface area contributed by atoms with Gasteiger partial charge in [0.25, 0.3) is 0 Å². The highest BCUT2D eigenvalue weighted by Crippen LogP contribution is 2.53. The van der Waals surface area contributed by atoms with Crippen molar-refractivity contribution in [2.75, 3.05) is 46.0 Å². The van der Waals surface area contributed by atoms with Crippen molar-refractivity contribution >= 4 is 29.9 Å². The van der Waals surface area contributed by atoms with Crippen molar-refractivity contribution in [2.24, 2.45) is 16.1 Å². The van der Waals surface area contributed by atoms with Gasteiger partial charge in [0, 0.05) is 44.2 Å². The molecule has 0 aromatic carbocycles. The van der Waals surface area contributed by atoms with Crippen LogP contribution in [0.3, 0.4) is 0 Å². The van der Waals surface area contributed by atoms with Crippen LogP contribution in [0.1, 0.15) is 51.9 Å². The monoisotopic (exact) mass is 480 g/mol. The van der Waals surface area contributed by atoms with E-state index in [1.165, 1.54) is 32.1 Å². The SMILES string of the molecule is CCOC1CC(NC(N)=NCCCN2CCOCC2)C12CCCCC2.I. The maximum absolute atomic E-state index is 6.18. The Morgan fingerprint density at radius 3 is 2.69 bits per heavy atom. The van der Waals surface area contributed by atoms with Crippen LogP contribution in [0, 0.1) is 5.41 Å². The van der Waals surface area contributed by atoms with Gasteiger partial charge in [0.1, 0.15) is 0 Å². The van der Waals surface area contributed by atoms with E-state index >= 15 is 0 Å². The Kier molecular flexibility index (Phi) is 9.40. The zero-order valence-electron chi connectivity index (χ0n) is 16.3. The van der Waals surface area contributed by atoms with E-state index < -0.39 is 0 Å². The summed E-state index contributed by atoms with van der Waals surface area (Å²) >= 11 is 0. The number of morpholine rings is 1. The van der Waals surface area contributed by atoms with Crippen molar-refractivity contribution in [3.05, 3.63) is 0 Å². The van der Waals surface area contributed by atoms with Gasteiger partial charge in [0.15, 0.2) is 5.96 Å². The van der Waals surface area contributed by atoms with Crippen molar-refractivity contribution in [2.45, 2.75) is 64.0 Å². The van der Waals surface area contributed by atoms with Crippen molar-refractivity contribution in [1.29, 1.82) is 0 Å². The quantitative estimate of drug-likeness (QED) is 0.254. The topological polar surface area (TPSA) is 72.1 Å². The molecule has 2 aliphatic carbocycles. The first-order valence-electron chi connectivity index (χ1n) is 10.2. The van der Waals surface area contributed by atoms with Gasteiger partial charge in [0.2, 0.25) is 0 Å². The summed E-state index contributed by atoms with van der Waals surface area (Å²) < 4.78 is 11.4. The van der Waals surface area contributed by atoms with E-state index in [1.807, 2.05) is 0 Å². The van der Waals surface area contributed by atoms with Crippen LogP contribution in [0.5, 0.6) is 0 Å². The Morgan fingerprint density at radius 2 is 2.00 bits per heavy atom. The van der Waals surface area contributed by atoms with Gasteiger partial charge in [-0.1, -0.05) is 19.3 Å². The molecule has 1 heterocycles. The minimum Gasteiger partial charge on any atom is -0.379 e. The van der Waals surface area contributed by atoms with Crippen LogP contribution >= 0.6 is 24.0 Å². The van der Waals surface area contributed by atoms with Gasteiger partial charge < -0.3 is 20.5 Å². The second kappa shape index (κ2) is 11.0. The summed E-state index contributed by atoms with van der Waals surface area (Å²) in [5.41, 5.74) is 6.47. The maximum Gasteiger partial charge on any atom is 0.188 e. The number of nitrogens with one attached hydrogen (secondary N) is 1. The van der Waals surface area contributed by atoms with Crippen molar-refractivity contribution in [1.82, 2.24) is 10.2 Å². The number of hydrogen-bond acceptors (Lipinski definition) is 4. The molecule has 2 saturated carbocycles. The molecular weight excluding hydrogens is 443 g/mol. The summed E-state index contributed by atoms with van der Waals surface area (Å²) in [6.45, 7) is 8.59. The third-order valence-corrected chi connectivity index (χ3v) is 6.28. The van der Waals surface area contributed by atoms with E-state index in [-0.39, 0.29) is 24.0 Å². The summed E-state index contributed by atoms with van der Waals surface area (Å²) in [4.78, 5) is 7.01. The lowest BCUT2D eigenvalue weighted by Gasteiger charge is -2.57. The number of hydrogen-bond donors (Lipinski definition) is 2. The number of halogens is 1. The fourth-order valence-corrected chi connectivity index (χ4v) is 4.81. The smallest absolute Gasteiger partial charge is 0.188 e. The lowest BCUT2D eigenvalue weighted by molar-refractivity contribution is -0.145. The van der Waals surface area contributed by atoms with Gasteiger partial charge in [-0.2, -0.15) is 0 Å². The van der Waals surface area contributed by atoms with Crippen molar-refractivity contribution in [3.63, 3.8) is 0 Å². The molecule has 1 aliphatic heterocycles. The first-order valence-corrected chi connectivity index (χ1v) is 10.2. The Bertz CT molecular complexity index is 437. The molecule has 0 aromatic heterocycles. The van der Waals surface area contributed by atoms with Gasteiger partial charge >= 0.3 is 0 Å². The molecule has 0 amide bonds. The lowest BCUT2D eigenvalue weighted by atomic mass is 9.55. The molecule has 3 aliphatic rings. The molecule has 0 aromatic rings. The summed E-state index contributed by atoms with van der Waals surface area (Å²) in [5, 5.41) is 3.52. The van der Waals surface area contributed by atoms with Crippen LogP contribution in [0.4, 0.5) is 0 Å². The molecule has 6 nitrogen and oxygen atoms in total. The Labute approximate surface area is 175 Å². The molecule has 2 atom stereocenters. The van der Waals surface area contributed by atoms with E-state index in [9.17, 15) is 0 Å². The molecule has 2 unspecified atom stereocenters. The normalized spacial score (nSPS) is 29.0. The molecule has 3 rings (SSSR count). The first kappa shape index (κ1) is 22.2. The number of rotatable bonds is 7.